The summed E-state index contributed by atoms with van der Waals surface area (Å²) in [7, 11) is 2.14. The zero-order valence-corrected chi connectivity index (χ0v) is 10.9. The summed E-state index contributed by atoms with van der Waals surface area (Å²) in [5, 5.41) is 9.78. The Morgan fingerprint density at radius 1 is 1.43 bits per heavy atom. The maximum absolute atomic E-state index is 9.78. The molecule has 0 amide bonds. The van der Waals surface area contributed by atoms with E-state index in [1.807, 2.05) is 0 Å². The van der Waals surface area contributed by atoms with Crippen molar-refractivity contribution in [3.8, 4) is 0 Å². The van der Waals surface area contributed by atoms with Crippen LogP contribution in [0.3, 0.4) is 0 Å². The third kappa shape index (κ3) is 3.84. The van der Waals surface area contributed by atoms with E-state index in [2.05, 4.69) is 46.0 Å². The molecule has 1 aliphatic heterocycles. The van der Waals surface area contributed by atoms with Crippen LogP contribution in [0.5, 0.6) is 0 Å². The van der Waals surface area contributed by atoms with Gasteiger partial charge < -0.3 is 10.0 Å². The lowest BCUT2D eigenvalue weighted by molar-refractivity contribution is 0.0979. The number of likely N-dealkylation sites (N-methyl/N-ethyl adjacent to an activating group) is 1. The number of rotatable bonds is 4. The Kier molecular flexibility index (Phi) is 5.36. The van der Waals surface area contributed by atoms with Crippen molar-refractivity contribution in [2.45, 2.75) is 6.10 Å². The van der Waals surface area contributed by atoms with Crippen molar-refractivity contribution in [1.82, 2.24) is 9.80 Å². The number of aliphatic hydroxyl groups excluding tert-OH is 1. The van der Waals surface area contributed by atoms with E-state index in [1.54, 1.807) is 0 Å². The van der Waals surface area contributed by atoms with Gasteiger partial charge in [0.25, 0.3) is 0 Å². The van der Waals surface area contributed by atoms with E-state index in [-0.39, 0.29) is 6.10 Å². The van der Waals surface area contributed by atoms with Crippen LogP contribution in [0, 0.1) is 0 Å². The average molecular weight is 310 g/mol. The summed E-state index contributed by atoms with van der Waals surface area (Å²) in [4.78, 5) is 4.62. The fraction of sp³-hybridized carbons (Fsp3) is 0.800. The molecule has 1 rings (SSSR count). The van der Waals surface area contributed by atoms with Crippen molar-refractivity contribution in [2.24, 2.45) is 0 Å². The molecule has 1 heterocycles. The predicted octanol–water partition coefficient (Wildman–Crippen LogP) is 0.586. The highest BCUT2D eigenvalue weighted by Gasteiger charge is 2.17. The number of piperazine rings is 1. The van der Waals surface area contributed by atoms with Crippen molar-refractivity contribution >= 4 is 22.6 Å². The summed E-state index contributed by atoms with van der Waals surface area (Å²) in [5.41, 5.74) is 0.935. The maximum atomic E-state index is 9.78. The molecule has 0 radical (unpaired) electrons. The van der Waals surface area contributed by atoms with Gasteiger partial charge in [0.05, 0.1) is 6.10 Å². The quantitative estimate of drug-likeness (QED) is 0.468. The molecule has 0 aliphatic carbocycles. The number of hydrogen-bond donors (Lipinski definition) is 1. The van der Waals surface area contributed by atoms with Gasteiger partial charge in [-0.2, -0.15) is 0 Å². The van der Waals surface area contributed by atoms with Crippen molar-refractivity contribution in [3.05, 3.63) is 12.2 Å². The highest BCUT2D eigenvalue weighted by Crippen LogP contribution is 2.07. The summed E-state index contributed by atoms with van der Waals surface area (Å²) >= 11 is 2.24. The van der Waals surface area contributed by atoms with Gasteiger partial charge in [0, 0.05) is 37.2 Å². The second-order valence-electron chi connectivity index (χ2n) is 3.91. The monoisotopic (exact) mass is 310 g/mol. The van der Waals surface area contributed by atoms with E-state index < -0.39 is 0 Å². The fourth-order valence-corrected chi connectivity index (χ4v) is 2.00. The minimum atomic E-state index is -0.352. The molecule has 14 heavy (non-hydrogen) atoms. The predicted molar refractivity (Wildman–Crippen MR) is 68.0 cm³/mol. The Labute approximate surface area is 99.9 Å². The normalized spacial score (nSPS) is 22.2. The molecular formula is C10H19IN2O. The number of nitrogens with zero attached hydrogens (tertiary/aromatic N) is 2. The van der Waals surface area contributed by atoms with Crippen LogP contribution in [0.1, 0.15) is 0 Å². The van der Waals surface area contributed by atoms with E-state index in [1.165, 1.54) is 0 Å². The van der Waals surface area contributed by atoms with E-state index in [4.69, 9.17) is 0 Å². The SMILES string of the molecule is C=C(CI)C(O)CN1CCN(C)CC1. The van der Waals surface area contributed by atoms with Crippen LogP contribution in [-0.4, -0.2) is 65.2 Å². The first-order valence-electron chi connectivity index (χ1n) is 4.96. The third-order valence-corrected chi connectivity index (χ3v) is 3.65. The molecule has 0 aromatic rings. The number of aliphatic hydroxyl groups is 1. The molecule has 1 fully saturated rings. The molecule has 3 nitrogen and oxygen atoms in total. The van der Waals surface area contributed by atoms with Gasteiger partial charge >= 0.3 is 0 Å². The van der Waals surface area contributed by atoms with Gasteiger partial charge in [-0.05, 0) is 12.6 Å². The van der Waals surface area contributed by atoms with Gasteiger partial charge in [-0.1, -0.05) is 29.2 Å². The second-order valence-corrected chi connectivity index (χ2v) is 4.67. The number of β-amino-alcohol motifs (C(OH)–C–C–N with tert-alkyl or cyclic N) is 1. The first-order chi connectivity index (χ1) is 6.63. The van der Waals surface area contributed by atoms with E-state index in [0.29, 0.717) is 0 Å². The minimum absolute atomic E-state index is 0.352. The maximum Gasteiger partial charge on any atom is 0.0881 e. The standard InChI is InChI=1S/C10H19IN2O/c1-9(7-11)10(14)8-13-5-3-12(2)4-6-13/h10,14H,1,3-8H2,2H3. The lowest BCUT2D eigenvalue weighted by Gasteiger charge is -2.33. The van der Waals surface area contributed by atoms with Gasteiger partial charge in [0.1, 0.15) is 0 Å². The van der Waals surface area contributed by atoms with Crippen LogP contribution >= 0.6 is 22.6 Å². The van der Waals surface area contributed by atoms with Crippen molar-refractivity contribution in [1.29, 1.82) is 0 Å². The molecular weight excluding hydrogens is 291 g/mol. The summed E-state index contributed by atoms with van der Waals surface area (Å²) in [6.45, 7) is 8.92. The Balaban J connectivity index is 2.27. The number of hydrogen-bond acceptors (Lipinski definition) is 3. The Hall–Kier alpha value is 0.350. The lowest BCUT2D eigenvalue weighted by atomic mass is 10.2. The number of alkyl halides is 1. The lowest BCUT2D eigenvalue weighted by Crippen LogP contribution is -2.47. The van der Waals surface area contributed by atoms with Crippen LogP contribution in [0.2, 0.25) is 0 Å². The van der Waals surface area contributed by atoms with E-state index >= 15 is 0 Å². The first kappa shape index (κ1) is 12.4. The van der Waals surface area contributed by atoms with Crippen molar-refractivity contribution in [3.63, 3.8) is 0 Å². The molecule has 0 aromatic carbocycles. The van der Waals surface area contributed by atoms with Gasteiger partial charge in [-0.3, -0.25) is 4.90 Å². The fourth-order valence-electron chi connectivity index (χ4n) is 1.49. The van der Waals surface area contributed by atoms with Crippen LogP contribution < -0.4 is 0 Å². The highest BCUT2D eigenvalue weighted by molar-refractivity contribution is 14.1. The Bertz CT molecular complexity index is 191. The van der Waals surface area contributed by atoms with Gasteiger partial charge in [0.2, 0.25) is 0 Å². The molecule has 1 saturated heterocycles. The summed E-state index contributed by atoms with van der Waals surface area (Å²) in [6, 6.07) is 0. The Morgan fingerprint density at radius 2 is 2.00 bits per heavy atom. The van der Waals surface area contributed by atoms with Crippen LogP contribution in [0.15, 0.2) is 12.2 Å². The highest BCUT2D eigenvalue weighted by atomic mass is 127. The summed E-state index contributed by atoms with van der Waals surface area (Å²) in [5.74, 6) is 0. The molecule has 1 N–H and O–H groups in total. The molecule has 1 atom stereocenters. The molecule has 0 aromatic heterocycles. The molecule has 1 aliphatic rings. The van der Waals surface area contributed by atoms with Gasteiger partial charge in [0.15, 0.2) is 0 Å². The molecule has 0 spiro atoms. The Morgan fingerprint density at radius 3 is 2.50 bits per heavy atom. The summed E-state index contributed by atoms with van der Waals surface area (Å²) < 4.78 is 0.840. The molecule has 0 bridgehead atoms. The molecule has 0 saturated carbocycles. The zero-order chi connectivity index (χ0) is 10.6. The molecule has 82 valence electrons. The third-order valence-electron chi connectivity index (χ3n) is 2.67. The van der Waals surface area contributed by atoms with Crippen LogP contribution in [0.4, 0.5) is 0 Å². The largest absolute Gasteiger partial charge is 0.387 e. The van der Waals surface area contributed by atoms with Crippen LogP contribution in [-0.2, 0) is 0 Å². The topological polar surface area (TPSA) is 26.7 Å². The molecule has 4 heteroatoms. The van der Waals surface area contributed by atoms with Crippen LogP contribution in [0.25, 0.3) is 0 Å². The van der Waals surface area contributed by atoms with E-state index in [0.717, 1.165) is 42.7 Å². The van der Waals surface area contributed by atoms with Gasteiger partial charge in [-0.25, -0.2) is 0 Å². The van der Waals surface area contributed by atoms with Crippen molar-refractivity contribution in [2.75, 3.05) is 44.2 Å². The smallest absolute Gasteiger partial charge is 0.0881 e. The van der Waals surface area contributed by atoms with E-state index in [9.17, 15) is 5.11 Å². The number of halogens is 1. The second kappa shape index (κ2) is 6.05. The zero-order valence-electron chi connectivity index (χ0n) is 8.75. The van der Waals surface area contributed by atoms with Crippen molar-refractivity contribution < 1.29 is 5.11 Å². The molecule has 1 unspecified atom stereocenters. The minimum Gasteiger partial charge on any atom is -0.387 e. The average Bonchev–Trinajstić information content (AvgIpc) is 2.20. The summed E-state index contributed by atoms with van der Waals surface area (Å²) in [6.07, 6.45) is -0.352. The first-order valence-corrected chi connectivity index (χ1v) is 6.48. The van der Waals surface area contributed by atoms with Gasteiger partial charge in [-0.15, -0.1) is 0 Å².